The molecule has 0 aliphatic heterocycles. The van der Waals surface area contributed by atoms with Gasteiger partial charge in [-0.1, -0.05) is 19.3 Å². The van der Waals surface area contributed by atoms with Crippen LogP contribution in [0.25, 0.3) is 0 Å². The summed E-state index contributed by atoms with van der Waals surface area (Å²) in [5, 5.41) is 0. The van der Waals surface area contributed by atoms with E-state index < -0.39 is 0 Å². The molecule has 1 saturated carbocycles. The molecule has 0 aromatic carbocycles. The number of aromatic nitrogens is 2. The second-order valence-corrected chi connectivity index (χ2v) is 7.81. The molecule has 0 bridgehead atoms. The van der Waals surface area contributed by atoms with Gasteiger partial charge in [0.05, 0.1) is 0 Å². The van der Waals surface area contributed by atoms with E-state index in [4.69, 9.17) is 0 Å². The van der Waals surface area contributed by atoms with Crippen molar-refractivity contribution in [1.29, 1.82) is 0 Å². The number of halogens is 2. The number of imidazole rings is 1. The molecule has 1 fully saturated rings. The normalized spacial score (nSPS) is 16.9. The second kappa shape index (κ2) is 8.08. The van der Waals surface area contributed by atoms with Crippen molar-refractivity contribution in [1.82, 2.24) is 12.1 Å². The number of hydrogen-bond donors (Lipinski definition) is 0. The number of rotatable bonds is 1. The Bertz CT molecular complexity index is 358. The van der Waals surface area contributed by atoms with Crippen molar-refractivity contribution in [2.45, 2.75) is 38.1 Å². The van der Waals surface area contributed by atoms with Crippen molar-refractivity contribution < 1.29 is 19.4 Å². The van der Waals surface area contributed by atoms with E-state index in [-0.39, 0.29) is 0 Å². The minimum absolute atomic E-state index is 0.721. The molecular formula is C11H19Br2N3Pt. The van der Waals surface area contributed by atoms with Crippen LogP contribution in [0.4, 0.5) is 0 Å². The molecule has 1 aliphatic carbocycles. The van der Waals surface area contributed by atoms with Gasteiger partial charge in [0.1, 0.15) is 0 Å². The van der Waals surface area contributed by atoms with Crippen LogP contribution < -0.4 is 0 Å². The van der Waals surface area contributed by atoms with Gasteiger partial charge in [0, 0.05) is 38.3 Å². The van der Waals surface area contributed by atoms with Crippen LogP contribution in [0.5, 0.6) is 0 Å². The molecule has 0 amide bonds. The van der Waals surface area contributed by atoms with Gasteiger partial charge >= 0.3 is 58.8 Å². The van der Waals surface area contributed by atoms with Crippen LogP contribution in [0.3, 0.4) is 0 Å². The van der Waals surface area contributed by atoms with Gasteiger partial charge in [-0.15, -0.1) is 0 Å². The van der Waals surface area contributed by atoms with Crippen molar-refractivity contribution >= 4 is 32.3 Å². The third kappa shape index (κ3) is 5.54. The maximum atomic E-state index is 3.39. The molecule has 0 atom stereocenters. The molecule has 1 aliphatic rings. The summed E-state index contributed by atoms with van der Waals surface area (Å²) in [5.74, 6) is 0. The number of nitrogens with zero attached hydrogens (tertiary/aromatic N) is 3. The van der Waals surface area contributed by atoms with Crippen LogP contribution in [-0.2, 0) is 33.4 Å². The predicted molar refractivity (Wildman–Crippen MR) is 74.2 cm³/mol. The van der Waals surface area contributed by atoms with E-state index in [2.05, 4.69) is 60.8 Å². The predicted octanol–water partition coefficient (Wildman–Crippen LogP) is 3.68. The summed E-state index contributed by atoms with van der Waals surface area (Å²) in [6.45, 7) is 0. The Morgan fingerprint density at radius 1 is 1.12 bits per heavy atom. The first-order chi connectivity index (χ1) is 8.02. The molecule has 1 aromatic heterocycles. The van der Waals surface area contributed by atoms with Crippen molar-refractivity contribution in [2.75, 3.05) is 0 Å². The Morgan fingerprint density at radius 3 is 1.82 bits per heavy atom. The van der Waals surface area contributed by atoms with Gasteiger partial charge in [-0.05, 0) is 12.8 Å². The van der Waals surface area contributed by atoms with E-state index in [0.29, 0.717) is 0 Å². The molecule has 1 aromatic rings. The fraction of sp³-hybridized carbons (Fsp3) is 0.727. The molecule has 102 valence electrons. The zero-order valence-corrected chi connectivity index (χ0v) is 15.6. The summed E-state index contributed by atoms with van der Waals surface area (Å²) in [7, 11) is 4.06. The monoisotopic (exact) mass is 546 g/mol. The first-order valence-corrected chi connectivity index (χ1v) is 8.32. The third-order valence-electron chi connectivity index (χ3n) is 2.90. The molecule has 0 spiro atoms. The van der Waals surface area contributed by atoms with E-state index in [9.17, 15) is 0 Å². The van der Waals surface area contributed by atoms with Crippen LogP contribution in [0.1, 0.15) is 32.1 Å². The Labute approximate surface area is 131 Å². The molecule has 1 heterocycles. The van der Waals surface area contributed by atoms with Gasteiger partial charge in [-0.25, -0.2) is 0 Å². The van der Waals surface area contributed by atoms with Gasteiger partial charge in [0.15, 0.2) is 0 Å². The first kappa shape index (κ1) is 15.9. The van der Waals surface area contributed by atoms with Crippen LogP contribution in [0.15, 0.2) is 12.4 Å². The molecule has 17 heavy (non-hydrogen) atoms. The summed E-state index contributed by atoms with van der Waals surface area (Å²) in [6.07, 6.45) is 10.9. The summed E-state index contributed by atoms with van der Waals surface area (Å²) in [6, 6.07) is 0.721. The Morgan fingerprint density at radius 2 is 1.59 bits per heavy atom. The molecular weight excluding hydrogens is 529 g/mol. The van der Waals surface area contributed by atoms with Crippen molar-refractivity contribution in [3.63, 3.8) is 0 Å². The van der Waals surface area contributed by atoms with Crippen LogP contribution in [-0.4, -0.2) is 18.1 Å². The molecule has 3 nitrogen and oxygen atoms in total. The summed E-state index contributed by atoms with van der Waals surface area (Å²) in [5.41, 5.74) is 0. The van der Waals surface area contributed by atoms with Gasteiger partial charge in [0.2, 0.25) is 0 Å². The van der Waals surface area contributed by atoms with Crippen molar-refractivity contribution in [2.24, 2.45) is 14.1 Å². The van der Waals surface area contributed by atoms with Gasteiger partial charge in [-0.3, -0.25) is 0 Å². The molecule has 2 rings (SSSR count). The van der Waals surface area contributed by atoms with Crippen molar-refractivity contribution in [3.05, 3.63) is 16.2 Å². The third-order valence-corrected chi connectivity index (χ3v) is 5.66. The zero-order valence-electron chi connectivity index (χ0n) is 10.2. The number of aryl methyl sites for hydroxylation is 2. The molecule has 0 saturated heterocycles. The SMILES string of the molecule is BrN(Br)C1CCCCC1.Cn1ccn(C)[c]1=[Pt]. The Kier molecular flexibility index (Phi) is 7.55. The fourth-order valence-corrected chi connectivity index (χ4v) is 3.00. The molecule has 0 unspecified atom stereocenters. The zero-order chi connectivity index (χ0) is 12.8. The second-order valence-electron chi connectivity index (χ2n) is 4.31. The first-order valence-electron chi connectivity index (χ1n) is 5.76. The topological polar surface area (TPSA) is 13.1 Å². The molecule has 6 heteroatoms. The minimum atomic E-state index is 0.721. The summed E-state index contributed by atoms with van der Waals surface area (Å²) >= 11 is 9.05. The fourth-order valence-electron chi connectivity index (χ4n) is 1.84. The van der Waals surface area contributed by atoms with Crippen LogP contribution in [0, 0.1) is 3.80 Å². The summed E-state index contributed by atoms with van der Waals surface area (Å²) in [4.78, 5) is 0. The summed E-state index contributed by atoms with van der Waals surface area (Å²) < 4.78 is 7.37. The average Bonchev–Trinajstić information content (AvgIpc) is 2.62. The van der Waals surface area contributed by atoms with Gasteiger partial charge in [-0.2, -0.15) is 2.95 Å². The van der Waals surface area contributed by atoms with E-state index in [1.807, 2.05) is 29.4 Å². The number of hydrogen-bond acceptors (Lipinski definition) is 1. The average molecular weight is 548 g/mol. The van der Waals surface area contributed by atoms with E-state index in [0.717, 1.165) is 6.04 Å². The van der Waals surface area contributed by atoms with E-state index in [1.165, 1.54) is 35.9 Å². The standard InChI is InChI=1S/C6H11Br2N.C5H8N2.Pt/c7-9(8)6-4-2-1-3-5-6;1-6-3-4-7(2)5-6;/h6H,1-5H2;3-4H,1-2H3;. The maximum absolute atomic E-state index is 3.39. The Hall–Kier alpha value is 0.818. The van der Waals surface area contributed by atoms with E-state index in [1.54, 1.807) is 0 Å². The molecule has 0 radical (unpaired) electrons. The van der Waals surface area contributed by atoms with Gasteiger partial charge in [0.25, 0.3) is 0 Å². The Balaban J connectivity index is 0.000000171. The van der Waals surface area contributed by atoms with Gasteiger partial charge < -0.3 is 0 Å². The quantitative estimate of drug-likeness (QED) is 0.489. The van der Waals surface area contributed by atoms with Crippen molar-refractivity contribution in [3.8, 4) is 0 Å². The van der Waals surface area contributed by atoms with E-state index >= 15 is 0 Å². The van der Waals surface area contributed by atoms with Crippen LogP contribution in [0.2, 0.25) is 0 Å². The van der Waals surface area contributed by atoms with Crippen LogP contribution >= 0.6 is 32.3 Å². The molecule has 0 N–H and O–H groups in total.